The van der Waals surface area contributed by atoms with E-state index in [2.05, 4.69) is 18.0 Å². The Hall–Kier alpha value is -2.68. The van der Waals surface area contributed by atoms with Gasteiger partial charge in [-0.15, -0.1) is 0 Å². The van der Waals surface area contributed by atoms with Gasteiger partial charge >= 0.3 is 0 Å². The van der Waals surface area contributed by atoms with Crippen LogP contribution in [0.2, 0.25) is 0 Å². The molecule has 0 radical (unpaired) electrons. The van der Waals surface area contributed by atoms with Gasteiger partial charge in [0.05, 0.1) is 11.1 Å². The van der Waals surface area contributed by atoms with Crippen molar-refractivity contribution in [1.29, 1.82) is 0 Å². The molecule has 22 heavy (non-hydrogen) atoms. The molecule has 0 aliphatic carbocycles. The summed E-state index contributed by atoms with van der Waals surface area (Å²) in [5, 5.41) is 0.994. The Kier molecular flexibility index (Phi) is 2.93. The third-order valence-electron chi connectivity index (χ3n) is 4.26. The first-order valence-electron chi connectivity index (χ1n) is 7.50. The van der Waals surface area contributed by atoms with Gasteiger partial charge < -0.3 is 4.90 Å². The molecular formula is C19H16N2O. The van der Waals surface area contributed by atoms with E-state index in [9.17, 15) is 4.79 Å². The lowest BCUT2D eigenvalue weighted by Gasteiger charge is -2.22. The van der Waals surface area contributed by atoms with Gasteiger partial charge in [0, 0.05) is 23.3 Å². The fraction of sp³-hybridized carbons (Fsp3) is 0.158. The molecule has 0 saturated carbocycles. The second-order valence-electron chi connectivity index (χ2n) is 5.77. The number of carbonyl (C=O) groups is 1. The number of anilines is 1. The van der Waals surface area contributed by atoms with Crippen LogP contribution in [0.3, 0.4) is 0 Å². The first-order chi connectivity index (χ1) is 10.7. The maximum absolute atomic E-state index is 12.9. The van der Waals surface area contributed by atoms with Gasteiger partial charge in [-0.3, -0.25) is 9.78 Å². The highest BCUT2D eigenvalue weighted by molar-refractivity contribution is 6.08. The highest BCUT2D eigenvalue weighted by Crippen LogP contribution is 2.33. The minimum absolute atomic E-state index is 0.0238. The molecule has 1 aromatic heterocycles. The van der Waals surface area contributed by atoms with E-state index in [0.29, 0.717) is 5.56 Å². The lowest BCUT2D eigenvalue weighted by atomic mass is 10.1. The fourth-order valence-electron chi connectivity index (χ4n) is 3.20. The monoisotopic (exact) mass is 288 g/mol. The summed E-state index contributed by atoms with van der Waals surface area (Å²) in [7, 11) is 0. The molecule has 1 aliphatic heterocycles. The maximum Gasteiger partial charge on any atom is 0.260 e. The zero-order valence-electron chi connectivity index (χ0n) is 12.4. The van der Waals surface area contributed by atoms with E-state index in [0.717, 1.165) is 23.0 Å². The Morgan fingerprint density at radius 2 is 1.91 bits per heavy atom. The number of para-hydroxylation sites is 2. The van der Waals surface area contributed by atoms with Crippen LogP contribution in [0.5, 0.6) is 0 Å². The zero-order chi connectivity index (χ0) is 15.1. The van der Waals surface area contributed by atoms with Crippen LogP contribution in [-0.4, -0.2) is 16.9 Å². The molecule has 0 saturated heterocycles. The number of nitrogens with zero attached hydrogens (tertiary/aromatic N) is 2. The van der Waals surface area contributed by atoms with Gasteiger partial charge in [0.25, 0.3) is 5.91 Å². The Bertz CT molecular complexity index is 872. The van der Waals surface area contributed by atoms with Crippen LogP contribution in [0, 0.1) is 0 Å². The van der Waals surface area contributed by atoms with E-state index < -0.39 is 0 Å². The van der Waals surface area contributed by atoms with Crippen LogP contribution in [0.1, 0.15) is 22.8 Å². The van der Waals surface area contributed by atoms with Gasteiger partial charge in [0.2, 0.25) is 0 Å². The van der Waals surface area contributed by atoms with E-state index in [1.165, 1.54) is 5.56 Å². The Balaban J connectivity index is 1.77. The van der Waals surface area contributed by atoms with Crippen molar-refractivity contribution in [2.45, 2.75) is 19.4 Å². The van der Waals surface area contributed by atoms with Gasteiger partial charge in [-0.2, -0.15) is 0 Å². The number of fused-ring (bicyclic) bond motifs is 2. The van der Waals surface area contributed by atoms with Crippen molar-refractivity contribution in [3.8, 4) is 0 Å². The first-order valence-corrected chi connectivity index (χ1v) is 7.50. The number of amides is 1. The number of hydrogen-bond donors (Lipinski definition) is 0. The summed E-state index contributed by atoms with van der Waals surface area (Å²) in [6, 6.07) is 18.1. The van der Waals surface area contributed by atoms with Crippen molar-refractivity contribution in [3.63, 3.8) is 0 Å². The van der Waals surface area contributed by atoms with Crippen molar-refractivity contribution in [3.05, 3.63) is 71.9 Å². The molecular weight excluding hydrogens is 272 g/mol. The summed E-state index contributed by atoms with van der Waals surface area (Å²) in [6.07, 6.45) is 2.58. The molecule has 0 fully saturated rings. The summed E-state index contributed by atoms with van der Waals surface area (Å²) < 4.78 is 0. The lowest BCUT2D eigenvalue weighted by molar-refractivity contribution is 0.0981. The number of pyridine rings is 1. The molecule has 4 rings (SSSR count). The van der Waals surface area contributed by atoms with Crippen molar-refractivity contribution in [2.75, 3.05) is 4.90 Å². The minimum atomic E-state index is 0.0238. The number of aromatic nitrogens is 1. The van der Waals surface area contributed by atoms with Crippen LogP contribution in [0.15, 0.2) is 60.8 Å². The molecule has 2 aromatic carbocycles. The zero-order valence-corrected chi connectivity index (χ0v) is 12.4. The highest BCUT2D eigenvalue weighted by atomic mass is 16.2. The van der Waals surface area contributed by atoms with Gasteiger partial charge in [0.15, 0.2) is 0 Å². The van der Waals surface area contributed by atoms with Crippen LogP contribution in [0.25, 0.3) is 10.9 Å². The molecule has 0 spiro atoms. The first kappa shape index (κ1) is 13.0. The Labute approximate surface area is 129 Å². The summed E-state index contributed by atoms with van der Waals surface area (Å²) in [5.74, 6) is 0.0238. The minimum Gasteiger partial charge on any atom is -0.305 e. The topological polar surface area (TPSA) is 33.2 Å². The van der Waals surface area contributed by atoms with E-state index in [1.807, 2.05) is 53.4 Å². The normalized spacial score (nSPS) is 16.8. The second-order valence-corrected chi connectivity index (χ2v) is 5.77. The van der Waals surface area contributed by atoms with Gasteiger partial charge in [-0.25, -0.2) is 0 Å². The molecule has 2 heterocycles. The molecule has 0 bridgehead atoms. The molecule has 3 aromatic rings. The predicted molar refractivity (Wildman–Crippen MR) is 88.2 cm³/mol. The number of carbonyl (C=O) groups excluding carboxylic acids is 1. The predicted octanol–water partition coefficient (Wildman–Crippen LogP) is 3.83. The van der Waals surface area contributed by atoms with Gasteiger partial charge in [-0.05, 0) is 37.1 Å². The molecule has 1 atom stereocenters. The lowest BCUT2D eigenvalue weighted by Crippen LogP contribution is -2.35. The summed E-state index contributed by atoms with van der Waals surface area (Å²) in [4.78, 5) is 19.2. The fourth-order valence-corrected chi connectivity index (χ4v) is 3.20. The van der Waals surface area contributed by atoms with Crippen molar-refractivity contribution in [2.24, 2.45) is 0 Å². The van der Waals surface area contributed by atoms with Crippen LogP contribution >= 0.6 is 0 Å². The summed E-state index contributed by atoms with van der Waals surface area (Å²) >= 11 is 0. The van der Waals surface area contributed by atoms with E-state index in [4.69, 9.17) is 0 Å². The Morgan fingerprint density at radius 1 is 1.14 bits per heavy atom. The SMILES string of the molecule is CC1Cc2ccccc2N1C(=O)c1cnc2ccccc2c1. The standard InChI is InChI=1S/C19H16N2O/c1-13-10-15-7-3-5-9-18(15)21(13)19(22)16-11-14-6-2-4-8-17(14)20-12-16/h2-9,11-13H,10H2,1H3. The summed E-state index contributed by atoms with van der Waals surface area (Å²) in [6.45, 7) is 2.09. The largest absolute Gasteiger partial charge is 0.305 e. The van der Waals surface area contributed by atoms with Crippen molar-refractivity contribution in [1.82, 2.24) is 4.98 Å². The van der Waals surface area contributed by atoms with Crippen LogP contribution in [-0.2, 0) is 6.42 Å². The molecule has 1 amide bonds. The number of rotatable bonds is 1. The van der Waals surface area contributed by atoms with Crippen LogP contribution in [0.4, 0.5) is 5.69 Å². The number of hydrogen-bond acceptors (Lipinski definition) is 2. The average Bonchev–Trinajstić information content (AvgIpc) is 2.89. The van der Waals surface area contributed by atoms with E-state index in [1.54, 1.807) is 6.20 Å². The average molecular weight is 288 g/mol. The molecule has 108 valence electrons. The molecule has 1 aliphatic rings. The third kappa shape index (κ3) is 1.98. The molecule has 0 N–H and O–H groups in total. The molecule has 3 heteroatoms. The van der Waals surface area contributed by atoms with E-state index >= 15 is 0 Å². The van der Waals surface area contributed by atoms with E-state index in [-0.39, 0.29) is 11.9 Å². The molecule has 3 nitrogen and oxygen atoms in total. The third-order valence-corrected chi connectivity index (χ3v) is 4.26. The highest BCUT2D eigenvalue weighted by Gasteiger charge is 2.31. The second kappa shape index (κ2) is 4.95. The van der Waals surface area contributed by atoms with Gasteiger partial charge in [-0.1, -0.05) is 36.4 Å². The van der Waals surface area contributed by atoms with Crippen molar-refractivity contribution < 1.29 is 4.79 Å². The number of benzene rings is 2. The van der Waals surface area contributed by atoms with Crippen LogP contribution < -0.4 is 4.90 Å². The smallest absolute Gasteiger partial charge is 0.260 e. The molecule has 1 unspecified atom stereocenters. The Morgan fingerprint density at radius 3 is 2.82 bits per heavy atom. The maximum atomic E-state index is 12.9. The quantitative estimate of drug-likeness (QED) is 0.682. The van der Waals surface area contributed by atoms with Gasteiger partial charge in [0.1, 0.15) is 0 Å². The van der Waals surface area contributed by atoms with Crippen molar-refractivity contribution >= 4 is 22.5 Å². The summed E-state index contributed by atoms with van der Waals surface area (Å²) in [5.41, 5.74) is 3.81.